The number of imidazole rings is 1. The van der Waals surface area contributed by atoms with Crippen LogP contribution in [0.25, 0.3) is 0 Å². The number of halogens is 2. The van der Waals surface area contributed by atoms with Gasteiger partial charge in [-0.15, -0.1) is 0 Å². The van der Waals surface area contributed by atoms with E-state index < -0.39 is 6.29 Å². The highest BCUT2D eigenvalue weighted by atomic mass is 35.5. The zero-order chi connectivity index (χ0) is 33.9. The fraction of sp³-hybridized carbons (Fsp3) is 0.361. The van der Waals surface area contributed by atoms with Gasteiger partial charge in [-0.3, -0.25) is 9.59 Å². The Kier molecular flexibility index (Phi) is 12.9. The minimum Gasteiger partial charge on any atom is -0.397 e. The highest BCUT2D eigenvalue weighted by molar-refractivity contribution is 6.40. The van der Waals surface area contributed by atoms with E-state index >= 15 is 0 Å². The summed E-state index contributed by atoms with van der Waals surface area (Å²) in [4.78, 5) is 28.7. The molecule has 2 amide bonds. The summed E-state index contributed by atoms with van der Waals surface area (Å²) in [5.41, 5.74) is 10.7. The lowest BCUT2D eigenvalue weighted by molar-refractivity contribution is -0.252. The van der Waals surface area contributed by atoms with Gasteiger partial charge in [0.05, 0.1) is 43.1 Å². The molecule has 1 fully saturated rings. The summed E-state index contributed by atoms with van der Waals surface area (Å²) in [6.45, 7) is 0.838. The zero-order valence-electron chi connectivity index (χ0n) is 26.6. The SMILES string of the molecule is Nc1ccccc1NC(=O)CCCCCCC(=O)NCc1ccc([C@H]2O[C@@H](Cn3cnc(Cl)c3Cl)C[C@@H](c3ccc(CO)cc3)O2)cc1. The number of amides is 2. The smallest absolute Gasteiger partial charge is 0.224 e. The van der Waals surface area contributed by atoms with Gasteiger partial charge in [0.15, 0.2) is 11.4 Å². The molecule has 0 bridgehead atoms. The van der Waals surface area contributed by atoms with Crippen molar-refractivity contribution in [1.29, 1.82) is 0 Å². The minimum atomic E-state index is -0.629. The molecular weight excluding hydrogens is 653 g/mol. The molecule has 1 aromatic heterocycles. The van der Waals surface area contributed by atoms with Crippen LogP contribution in [0.5, 0.6) is 0 Å². The molecule has 0 spiro atoms. The molecule has 0 aliphatic carbocycles. The van der Waals surface area contributed by atoms with Crippen LogP contribution in [-0.2, 0) is 38.8 Å². The second-order valence-electron chi connectivity index (χ2n) is 11.9. The number of hydrogen-bond donors (Lipinski definition) is 4. The second-order valence-corrected chi connectivity index (χ2v) is 12.6. The van der Waals surface area contributed by atoms with Crippen LogP contribution in [0.15, 0.2) is 79.1 Å². The summed E-state index contributed by atoms with van der Waals surface area (Å²) in [5.74, 6) is -0.0670. The number of nitrogens with one attached hydrogen (secondary N) is 2. The van der Waals surface area contributed by atoms with Gasteiger partial charge in [-0.2, -0.15) is 0 Å². The minimum absolute atomic E-state index is 0.00788. The number of anilines is 2. The molecule has 1 aliphatic rings. The maximum absolute atomic E-state index is 12.5. The van der Waals surface area contributed by atoms with Crippen molar-refractivity contribution in [2.24, 2.45) is 0 Å². The number of para-hydroxylation sites is 2. The summed E-state index contributed by atoms with van der Waals surface area (Å²) < 4.78 is 14.6. The topological polar surface area (TPSA) is 141 Å². The van der Waals surface area contributed by atoms with Crippen LogP contribution >= 0.6 is 23.2 Å². The van der Waals surface area contributed by atoms with Crippen molar-refractivity contribution in [2.75, 3.05) is 11.1 Å². The van der Waals surface area contributed by atoms with Gasteiger partial charge < -0.3 is 35.5 Å². The third kappa shape index (κ3) is 10.0. The summed E-state index contributed by atoms with van der Waals surface area (Å²) in [6.07, 6.45) is 5.18. The van der Waals surface area contributed by atoms with Crippen LogP contribution < -0.4 is 16.4 Å². The predicted octanol–water partition coefficient (Wildman–Crippen LogP) is 7.11. The molecule has 1 saturated heterocycles. The number of rotatable bonds is 15. The van der Waals surface area contributed by atoms with Crippen molar-refractivity contribution in [2.45, 2.75) is 83.1 Å². The number of unbranched alkanes of at least 4 members (excludes halogenated alkanes) is 3. The second kappa shape index (κ2) is 17.5. The van der Waals surface area contributed by atoms with Crippen LogP contribution in [-0.4, -0.2) is 32.6 Å². The Morgan fingerprint density at radius 1 is 0.875 bits per heavy atom. The Labute approximate surface area is 290 Å². The molecule has 254 valence electrons. The molecule has 3 aromatic carbocycles. The van der Waals surface area contributed by atoms with E-state index in [4.69, 9.17) is 38.4 Å². The Hall–Kier alpha value is -3.93. The first-order valence-electron chi connectivity index (χ1n) is 16.2. The van der Waals surface area contributed by atoms with E-state index in [1.54, 1.807) is 23.0 Å². The quantitative estimate of drug-likeness (QED) is 0.0769. The third-order valence-corrected chi connectivity index (χ3v) is 9.05. The number of nitrogen functional groups attached to an aromatic ring is 1. The van der Waals surface area contributed by atoms with Crippen molar-refractivity contribution in [3.05, 3.63) is 112 Å². The lowest BCUT2D eigenvalue weighted by Crippen LogP contribution is -2.32. The van der Waals surface area contributed by atoms with Crippen molar-refractivity contribution < 1.29 is 24.2 Å². The molecule has 3 atom stereocenters. The lowest BCUT2D eigenvalue weighted by atomic mass is 10.00. The van der Waals surface area contributed by atoms with Crippen LogP contribution in [0.1, 0.15) is 79.6 Å². The standard InChI is InChI=1S/C36H41Cl2N5O5/c37-34-35(38)43(23-41-34)21-28-19-31(26-15-13-25(22-44)14-16-26)48-36(47-28)27-17-11-24(12-18-27)20-40-32(45)9-3-1-2-4-10-33(46)42-30-8-6-5-7-29(30)39/h5-8,11-18,23,28,31,36,44H,1-4,9-10,19-22,39H2,(H,40,45)(H,42,46)/t28-,31+,36+/m1/s1. The van der Waals surface area contributed by atoms with E-state index in [0.29, 0.717) is 48.9 Å². The Morgan fingerprint density at radius 3 is 2.21 bits per heavy atom. The van der Waals surface area contributed by atoms with Crippen molar-refractivity contribution in [3.8, 4) is 0 Å². The number of benzene rings is 3. The number of aliphatic hydroxyl groups is 1. The van der Waals surface area contributed by atoms with Gasteiger partial charge in [0, 0.05) is 31.4 Å². The monoisotopic (exact) mass is 693 g/mol. The van der Waals surface area contributed by atoms with E-state index in [2.05, 4.69) is 15.6 Å². The van der Waals surface area contributed by atoms with Crippen molar-refractivity contribution in [1.82, 2.24) is 14.9 Å². The first-order valence-corrected chi connectivity index (χ1v) is 16.9. The van der Waals surface area contributed by atoms with Gasteiger partial charge in [0.1, 0.15) is 5.15 Å². The number of nitrogens with two attached hydrogens (primary N) is 1. The first kappa shape index (κ1) is 35.4. The number of ether oxygens (including phenoxy) is 2. The molecule has 12 heteroatoms. The fourth-order valence-corrected chi connectivity index (χ4v) is 5.87. The van der Waals surface area contributed by atoms with E-state index in [1.807, 2.05) is 60.7 Å². The molecule has 5 N–H and O–H groups in total. The maximum Gasteiger partial charge on any atom is 0.224 e. The van der Waals surface area contributed by atoms with Crippen molar-refractivity contribution in [3.63, 3.8) is 0 Å². The molecular formula is C36H41Cl2N5O5. The number of hydrogen-bond acceptors (Lipinski definition) is 7. The third-order valence-electron chi connectivity index (χ3n) is 8.28. The fourth-order valence-electron chi connectivity index (χ4n) is 5.55. The highest BCUT2D eigenvalue weighted by Gasteiger charge is 2.33. The molecule has 0 saturated carbocycles. The summed E-state index contributed by atoms with van der Waals surface area (Å²) in [7, 11) is 0. The van der Waals surface area contributed by atoms with Crippen LogP contribution in [0.2, 0.25) is 10.3 Å². The molecule has 4 aromatic rings. The first-order chi connectivity index (χ1) is 23.3. The van der Waals surface area contributed by atoms with E-state index in [0.717, 1.165) is 47.9 Å². The van der Waals surface area contributed by atoms with E-state index in [1.165, 1.54) is 0 Å². The Balaban J connectivity index is 1.07. The normalized spacial score (nSPS) is 17.6. The predicted molar refractivity (Wildman–Crippen MR) is 186 cm³/mol. The van der Waals surface area contributed by atoms with Crippen LogP contribution in [0, 0.1) is 0 Å². The van der Waals surface area contributed by atoms with Gasteiger partial charge in [-0.05, 0) is 41.7 Å². The van der Waals surface area contributed by atoms with E-state index in [-0.39, 0.29) is 35.8 Å². The Bertz CT molecular complexity index is 1650. The van der Waals surface area contributed by atoms with Gasteiger partial charge in [-0.25, -0.2) is 4.98 Å². The summed E-state index contributed by atoms with van der Waals surface area (Å²) in [6, 6.07) is 22.7. The molecule has 0 unspecified atom stereocenters. The van der Waals surface area contributed by atoms with Gasteiger partial charge in [-0.1, -0.05) is 96.7 Å². The average Bonchev–Trinajstić information content (AvgIpc) is 3.42. The average molecular weight is 695 g/mol. The molecule has 5 rings (SSSR count). The molecule has 10 nitrogen and oxygen atoms in total. The molecule has 2 heterocycles. The van der Waals surface area contributed by atoms with E-state index in [9.17, 15) is 14.7 Å². The molecule has 48 heavy (non-hydrogen) atoms. The van der Waals surface area contributed by atoms with Gasteiger partial charge in [0.2, 0.25) is 11.8 Å². The highest BCUT2D eigenvalue weighted by Crippen LogP contribution is 2.39. The molecule has 1 aliphatic heterocycles. The maximum atomic E-state index is 12.5. The lowest BCUT2D eigenvalue weighted by Gasteiger charge is -2.36. The van der Waals surface area contributed by atoms with Crippen LogP contribution in [0.3, 0.4) is 0 Å². The largest absolute Gasteiger partial charge is 0.397 e. The number of carbonyl (C=O) groups excluding carboxylic acids is 2. The van der Waals surface area contributed by atoms with Gasteiger partial charge >= 0.3 is 0 Å². The van der Waals surface area contributed by atoms with Crippen LogP contribution in [0.4, 0.5) is 11.4 Å². The number of aliphatic hydroxyl groups excluding tert-OH is 1. The van der Waals surface area contributed by atoms with Crippen molar-refractivity contribution >= 4 is 46.4 Å². The summed E-state index contributed by atoms with van der Waals surface area (Å²) >= 11 is 12.4. The number of nitrogens with zero attached hydrogens (tertiary/aromatic N) is 2. The molecule has 0 radical (unpaired) electrons. The Morgan fingerprint density at radius 2 is 1.54 bits per heavy atom. The number of carbonyl (C=O) groups is 2. The summed E-state index contributed by atoms with van der Waals surface area (Å²) in [5, 5.41) is 15.9. The van der Waals surface area contributed by atoms with Gasteiger partial charge in [0.25, 0.3) is 0 Å². The number of aromatic nitrogens is 2. The zero-order valence-corrected chi connectivity index (χ0v) is 28.1.